The first-order valence-electron chi connectivity index (χ1n) is 7.84. The van der Waals surface area contributed by atoms with E-state index in [9.17, 15) is 9.59 Å². The molecule has 2 rings (SSSR count). The second kappa shape index (κ2) is 7.81. The lowest BCUT2D eigenvalue weighted by atomic mass is 9.97. The lowest BCUT2D eigenvalue weighted by Crippen LogP contribution is -2.46. The van der Waals surface area contributed by atoms with Crippen molar-refractivity contribution in [1.29, 1.82) is 0 Å². The van der Waals surface area contributed by atoms with Gasteiger partial charge >= 0.3 is 0 Å². The van der Waals surface area contributed by atoms with Crippen LogP contribution in [0.3, 0.4) is 0 Å². The van der Waals surface area contributed by atoms with Gasteiger partial charge in [-0.3, -0.25) is 9.59 Å². The molecule has 1 aromatic rings. The van der Waals surface area contributed by atoms with Crippen LogP contribution in [-0.2, 0) is 20.8 Å². The minimum Gasteiger partial charge on any atom is -0.354 e. The monoisotopic (exact) mass is 340 g/mol. The summed E-state index contributed by atoms with van der Waals surface area (Å²) in [4.78, 5) is 28.0. The standard InChI is InChI=1S/C15H24N4O3S/c1-15(2,3)14-18-11(19-22-14)8-23-9-12(20)17-10-6-4-5-7-16-13(10)21/h10H,4-9H2,1-3H3,(H,16,21)(H,17,20)/t10-/m1/s1. The second-order valence-electron chi connectivity index (χ2n) is 6.67. The molecule has 1 aromatic heterocycles. The number of aromatic nitrogens is 2. The van der Waals surface area contributed by atoms with Gasteiger partial charge in [-0.05, 0) is 19.3 Å². The number of nitrogens with zero attached hydrogens (tertiary/aromatic N) is 2. The van der Waals surface area contributed by atoms with Crippen LogP contribution in [0.15, 0.2) is 4.52 Å². The molecule has 1 aliphatic heterocycles. The Labute approximate surface area is 140 Å². The molecule has 0 bridgehead atoms. The van der Waals surface area contributed by atoms with E-state index in [0.717, 1.165) is 12.8 Å². The van der Waals surface area contributed by atoms with Gasteiger partial charge in [-0.15, -0.1) is 11.8 Å². The highest BCUT2D eigenvalue weighted by Gasteiger charge is 2.23. The van der Waals surface area contributed by atoms with E-state index in [1.165, 1.54) is 11.8 Å². The van der Waals surface area contributed by atoms with Crippen molar-refractivity contribution in [3.05, 3.63) is 11.7 Å². The van der Waals surface area contributed by atoms with Crippen molar-refractivity contribution in [2.24, 2.45) is 0 Å². The minimum atomic E-state index is -0.414. The van der Waals surface area contributed by atoms with Gasteiger partial charge in [-0.2, -0.15) is 4.98 Å². The Hall–Kier alpha value is -1.57. The van der Waals surface area contributed by atoms with Crippen LogP contribution >= 0.6 is 11.8 Å². The molecule has 1 saturated heterocycles. The fourth-order valence-electron chi connectivity index (χ4n) is 2.17. The molecule has 1 fully saturated rings. The van der Waals surface area contributed by atoms with Crippen LogP contribution in [0.1, 0.15) is 51.7 Å². The van der Waals surface area contributed by atoms with E-state index in [1.807, 2.05) is 20.8 Å². The van der Waals surface area contributed by atoms with Gasteiger partial charge in [-0.25, -0.2) is 0 Å². The van der Waals surface area contributed by atoms with E-state index < -0.39 is 6.04 Å². The van der Waals surface area contributed by atoms with Gasteiger partial charge in [0.05, 0.1) is 11.5 Å². The van der Waals surface area contributed by atoms with Crippen LogP contribution in [0.2, 0.25) is 0 Å². The van der Waals surface area contributed by atoms with Crippen LogP contribution in [0, 0.1) is 0 Å². The van der Waals surface area contributed by atoms with Crippen molar-refractivity contribution in [3.8, 4) is 0 Å². The molecule has 2 heterocycles. The molecule has 2 N–H and O–H groups in total. The molecule has 23 heavy (non-hydrogen) atoms. The summed E-state index contributed by atoms with van der Waals surface area (Å²) in [5.74, 6) is 1.71. The molecule has 0 unspecified atom stereocenters. The molecule has 1 aliphatic rings. The number of rotatable bonds is 5. The zero-order valence-electron chi connectivity index (χ0n) is 13.8. The molecular weight excluding hydrogens is 316 g/mol. The zero-order valence-corrected chi connectivity index (χ0v) is 14.7. The Morgan fingerprint density at radius 1 is 1.43 bits per heavy atom. The normalized spacial score (nSPS) is 19.1. The van der Waals surface area contributed by atoms with Crippen molar-refractivity contribution >= 4 is 23.6 Å². The third-order valence-electron chi connectivity index (χ3n) is 3.44. The molecule has 8 heteroatoms. The molecule has 7 nitrogen and oxygen atoms in total. The van der Waals surface area contributed by atoms with Crippen molar-refractivity contribution < 1.29 is 14.1 Å². The number of carbonyl (C=O) groups is 2. The molecule has 0 aromatic carbocycles. The number of hydrogen-bond acceptors (Lipinski definition) is 6. The van der Waals surface area contributed by atoms with Crippen molar-refractivity contribution in [2.45, 2.75) is 57.2 Å². The Kier molecular flexibility index (Phi) is 6.04. The summed E-state index contributed by atoms with van der Waals surface area (Å²) < 4.78 is 5.21. The number of hydrogen-bond donors (Lipinski definition) is 2. The first kappa shape index (κ1) is 17.8. The summed E-state index contributed by atoms with van der Waals surface area (Å²) in [7, 11) is 0. The fraction of sp³-hybridized carbons (Fsp3) is 0.733. The van der Waals surface area contributed by atoms with E-state index in [0.29, 0.717) is 30.4 Å². The molecular formula is C15H24N4O3S. The smallest absolute Gasteiger partial charge is 0.242 e. The van der Waals surface area contributed by atoms with E-state index >= 15 is 0 Å². The maximum Gasteiger partial charge on any atom is 0.242 e. The lowest BCUT2D eigenvalue weighted by Gasteiger charge is -2.14. The first-order valence-corrected chi connectivity index (χ1v) is 8.99. The average Bonchev–Trinajstić information content (AvgIpc) is 2.86. The van der Waals surface area contributed by atoms with Crippen LogP contribution in [0.5, 0.6) is 0 Å². The fourth-order valence-corrected chi connectivity index (χ4v) is 2.84. The average molecular weight is 340 g/mol. The van der Waals surface area contributed by atoms with Gasteiger partial charge < -0.3 is 15.2 Å². The topological polar surface area (TPSA) is 97.1 Å². The molecule has 128 valence electrons. The zero-order chi connectivity index (χ0) is 16.9. The highest BCUT2D eigenvalue weighted by molar-refractivity contribution is 7.99. The molecule has 0 saturated carbocycles. The van der Waals surface area contributed by atoms with Crippen LogP contribution in [0.25, 0.3) is 0 Å². The van der Waals surface area contributed by atoms with Gasteiger partial charge in [0.15, 0.2) is 5.82 Å². The van der Waals surface area contributed by atoms with Gasteiger partial charge in [0.25, 0.3) is 0 Å². The van der Waals surface area contributed by atoms with Crippen molar-refractivity contribution in [3.63, 3.8) is 0 Å². The SMILES string of the molecule is CC(C)(C)c1nc(CSCC(=O)N[C@@H]2CCCCNC2=O)no1. The Bertz CT molecular complexity index is 553. The minimum absolute atomic E-state index is 0.0890. The van der Waals surface area contributed by atoms with E-state index in [4.69, 9.17) is 4.52 Å². The summed E-state index contributed by atoms with van der Waals surface area (Å²) >= 11 is 1.40. The van der Waals surface area contributed by atoms with E-state index in [1.54, 1.807) is 0 Å². The third-order valence-corrected chi connectivity index (χ3v) is 4.37. The van der Waals surface area contributed by atoms with E-state index in [-0.39, 0.29) is 23.0 Å². The predicted octanol–water partition coefficient (Wildman–Crippen LogP) is 1.39. The van der Waals surface area contributed by atoms with Gasteiger partial charge in [-0.1, -0.05) is 25.9 Å². The molecule has 0 radical (unpaired) electrons. The number of thioether (sulfide) groups is 1. The molecule has 1 atom stereocenters. The Morgan fingerprint density at radius 2 is 2.22 bits per heavy atom. The number of nitrogens with one attached hydrogen (secondary N) is 2. The number of amides is 2. The summed E-state index contributed by atoms with van der Waals surface area (Å²) in [6.45, 7) is 6.70. The van der Waals surface area contributed by atoms with Crippen LogP contribution < -0.4 is 10.6 Å². The van der Waals surface area contributed by atoms with Gasteiger partial charge in [0.1, 0.15) is 6.04 Å². The summed E-state index contributed by atoms with van der Waals surface area (Å²) in [6, 6.07) is -0.414. The van der Waals surface area contributed by atoms with Gasteiger partial charge in [0.2, 0.25) is 17.7 Å². The Balaban J connectivity index is 1.74. The predicted molar refractivity (Wildman–Crippen MR) is 88.0 cm³/mol. The van der Waals surface area contributed by atoms with E-state index in [2.05, 4.69) is 20.8 Å². The maximum atomic E-state index is 11.9. The van der Waals surface area contributed by atoms with Crippen LogP contribution in [0.4, 0.5) is 0 Å². The number of carbonyl (C=O) groups excluding carboxylic acids is 2. The first-order chi connectivity index (χ1) is 10.9. The Morgan fingerprint density at radius 3 is 2.91 bits per heavy atom. The lowest BCUT2D eigenvalue weighted by molar-refractivity contribution is -0.127. The highest BCUT2D eigenvalue weighted by atomic mass is 32.2. The van der Waals surface area contributed by atoms with Crippen molar-refractivity contribution in [2.75, 3.05) is 12.3 Å². The molecule has 2 amide bonds. The highest BCUT2D eigenvalue weighted by Crippen LogP contribution is 2.21. The summed E-state index contributed by atoms with van der Waals surface area (Å²) in [5.41, 5.74) is -0.180. The largest absolute Gasteiger partial charge is 0.354 e. The van der Waals surface area contributed by atoms with Gasteiger partial charge in [0, 0.05) is 12.0 Å². The quantitative estimate of drug-likeness (QED) is 0.840. The maximum absolute atomic E-state index is 11.9. The molecule has 0 spiro atoms. The second-order valence-corrected chi connectivity index (χ2v) is 7.65. The van der Waals surface area contributed by atoms with Crippen LogP contribution in [-0.4, -0.2) is 40.3 Å². The molecule has 0 aliphatic carbocycles. The third kappa shape index (κ3) is 5.53. The van der Waals surface area contributed by atoms with Crippen molar-refractivity contribution in [1.82, 2.24) is 20.8 Å². The summed E-state index contributed by atoms with van der Waals surface area (Å²) in [5, 5.41) is 9.51. The summed E-state index contributed by atoms with van der Waals surface area (Å²) in [6.07, 6.45) is 2.60.